The maximum atomic E-state index is 10.3. The molecule has 1 atom stereocenters. The fourth-order valence-corrected chi connectivity index (χ4v) is 2.08. The first-order valence-electron chi connectivity index (χ1n) is 5.81. The molecule has 1 rings (SSSR count). The van der Waals surface area contributed by atoms with Crippen molar-refractivity contribution in [1.29, 1.82) is 0 Å². The van der Waals surface area contributed by atoms with E-state index in [0.717, 1.165) is 5.56 Å². The van der Waals surface area contributed by atoms with Gasteiger partial charge in [0.2, 0.25) is 0 Å². The van der Waals surface area contributed by atoms with Gasteiger partial charge in [0.15, 0.2) is 0 Å². The summed E-state index contributed by atoms with van der Waals surface area (Å²) >= 11 is 12.0. The van der Waals surface area contributed by atoms with Crippen molar-refractivity contribution in [2.45, 2.75) is 18.9 Å². The third kappa shape index (κ3) is 5.12. The first-order chi connectivity index (χ1) is 8.46. The smallest absolute Gasteiger partial charge is 0.0784 e. The van der Waals surface area contributed by atoms with Crippen molar-refractivity contribution >= 4 is 23.2 Å². The van der Waals surface area contributed by atoms with Crippen molar-refractivity contribution in [3.05, 3.63) is 33.8 Å². The van der Waals surface area contributed by atoms with Crippen molar-refractivity contribution in [2.75, 3.05) is 26.8 Å². The van der Waals surface area contributed by atoms with Crippen LogP contribution in [0.15, 0.2) is 18.2 Å². The summed E-state index contributed by atoms with van der Waals surface area (Å²) in [4.78, 5) is 0. The van der Waals surface area contributed by atoms with Crippen LogP contribution in [-0.2, 0) is 11.2 Å². The summed E-state index contributed by atoms with van der Waals surface area (Å²) in [6.45, 7) is 3.56. The predicted octanol–water partition coefficient (Wildman–Crippen LogP) is 2.52. The second-order valence-corrected chi connectivity index (χ2v) is 5.34. The van der Waals surface area contributed by atoms with Gasteiger partial charge in [-0.2, -0.15) is 0 Å². The van der Waals surface area contributed by atoms with Gasteiger partial charge in [0.1, 0.15) is 0 Å². The fraction of sp³-hybridized carbons (Fsp3) is 0.538. The minimum absolute atomic E-state index is 0.451. The second kappa shape index (κ2) is 7.31. The molecule has 3 nitrogen and oxygen atoms in total. The number of hydrogen-bond acceptors (Lipinski definition) is 3. The van der Waals surface area contributed by atoms with Crippen molar-refractivity contribution < 1.29 is 9.84 Å². The van der Waals surface area contributed by atoms with Crippen molar-refractivity contribution in [3.63, 3.8) is 0 Å². The molecule has 5 heteroatoms. The van der Waals surface area contributed by atoms with Crippen molar-refractivity contribution in [3.8, 4) is 0 Å². The second-order valence-electron chi connectivity index (χ2n) is 4.56. The predicted molar refractivity (Wildman–Crippen MR) is 75.5 cm³/mol. The van der Waals surface area contributed by atoms with Crippen molar-refractivity contribution in [2.24, 2.45) is 0 Å². The maximum Gasteiger partial charge on any atom is 0.0784 e. The Labute approximate surface area is 118 Å². The van der Waals surface area contributed by atoms with Crippen LogP contribution in [0.4, 0.5) is 0 Å². The Kier molecular flexibility index (Phi) is 6.39. The Hall–Kier alpha value is -0.320. The molecule has 0 aromatic heterocycles. The van der Waals surface area contributed by atoms with E-state index in [4.69, 9.17) is 27.9 Å². The number of aliphatic hydroxyl groups is 1. The molecule has 0 aliphatic carbocycles. The van der Waals surface area contributed by atoms with Crippen LogP contribution in [0.3, 0.4) is 0 Å². The molecule has 0 aliphatic heterocycles. The lowest BCUT2D eigenvalue weighted by molar-refractivity contribution is 0.0581. The summed E-state index contributed by atoms with van der Waals surface area (Å²) in [6.07, 6.45) is 0.451. The molecule has 0 spiro atoms. The Morgan fingerprint density at radius 1 is 1.39 bits per heavy atom. The van der Waals surface area contributed by atoms with Gasteiger partial charge in [0.05, 0.1) is 22.3 Å². The van der Waals surface area contributed by atoms with Gasteiger partial charge in [0.25, 0.3) is 0 Å². The topological polar surface area (TPSA) is 41.5 Å². The number of nitrogens with one attached hydrogen (secondary N) is 1. The van der Waals surface area contributed by atoms with Gasteiger partial charge in [-0.3, -0.25) is 0 Å². The molecule has 0 amide bonds. The van der Waals surface area contributed by atoms with E-state index in [9.17, 15) is 5.11 Å². The number of benzene rings is 1. The zero-order valence-corrected chi connectivity index (χ0v) is 12.2. The SMILES string of the molecule is COCCNCC(C)(O)Cc1cccc(Cl)c1Cl. The highest BCUT2D eigenvalue weighted by atomic mass is 35.5. The van der Waals surface area contributed by atoms with E-state index in [1.54, 1.807) is 20.1 Å². The number of methoxy groups -OCH3 is 1. The zero-order chi connectivity index (χ0) is 13.6. The van der Waals surface area contributed by atoms with Gasteiger partial charge in [-0.1, -0.05) is 35.3 Å². The molecule has 0 bridgehead atoms. The lowest BCUT2D eigenvalue weighted by atomic mass is 9.96. The normalized spacial score (nSPS) is 14.5. The molecule has 0 saturated heterocycles. The van der Waals surface area contributed by atoms with E-state index >= 15 is 0 Å². The summed E-state index contributed by atoms with van der Waals surface area (Å²) in [5.41, 5.74) is -0.0232. The Morgan fingerprint density at radius 3 is 2.78 bits per heavy atom. The Balaban J connectivity index is 2.56. The van der Waals surface area contributed by atoms with Crippen LogP contribution in [0.25, 0.3) is 0 Å². The first kappa shape index (κ1) is 15.7. The number of halogens is 2. The molecule has 1 aromatic rings. The quantitative estimate of drug-likeness (QED) is 0.759. The molecule has 1 unspecified atom stereocenters. The minimum atomic E-state index is -0.873. The highest BCUT2D eigenvalue weighted by molar-refractivity contribution is 6.42. The molecule has 0 aliphatic rings. The molecule has 2 N–H and O–H groups in total. The standard InChI is InChI=1S/C13H19Cl2NO2/c1-13(17,9-16-6-7-18-2)8-10-4-3-5-11(14)12(10)15/h3-5,16-17H,6-9H2,1-2H3. The van der Waals surface area contributed by atoms with E-state index in [-0.39, 0.29) is 0 Å². The lowest BCUT2D eigenvalue weighted by Gasteiger charge is -2.24. The van der Waals surface area contributed by atoms with Gasteiger partial charge >= 0.3 is 0 Å². The number of hydrogen-bond donors (Lipinski definition) is 2. The van der Waals surface area contributed by atoms with Crippen LogP contribution in [0.5, 0.6) is 0 Å². The largest absolute Gasteiger partial charge is 0.389 e. The van der Waals surface area contributed by atoms with Crippen LogP contribution < -0.4 is 5.32 Å². The van der Waals surface area contributed by atoms with Gasteiger partial charge in [-0.05, 0) is 18.6 Å². The molecule has 0 heterocycles. The van der Waals surface area contributed by atoms with E-state index in [2.05, 4.69) is 5.32 Å². The van der Waals surface area contributed by atoms with Gasteiger partial charge in [-0.25, -0.2) is 0 Å². The maximum absolute atomic E-state index is 10.3. The van der Waals surface area contributed by atoms with Gasteiger partial charge < -0.3 is 15.2 Å². The van der Waals surface area contributed by atoms with E-state index in [0.29, 0.717) is 36.2 Å². The van der Waals surface area contributed by atoms with E-state index in [1.165, 1.54) is 0 Å². The Morgan fingerprint density at radius 2 is 2.11 bits per heavy atom. The average Bonchev–Trinajstić information content (AvgIpc) is 2.31. The lowest BCUT2D eigenvalue weighted by Crippen LogP contribution is -2.40. The number of rotatable bonds is 7. The Bertz CT molecular complexity index is 383. The zero-order valence-electron chi connectivity index (χ0n) is 10.7. The summed E-state index contributed by atoms with van der Waals surface area (Å²) in [5, 5.41) is 14.4. The highest BCUT2D eigenvalue weighted by Gasteiger charge is 2.22. The monoisotopic (exact) mass is 291 g/mol. The summed E-state index contributed by atoms with van der Waals surface area (Å²) in [5.74, 6) is 0. The van der Waals surface area contributed by atoms with Crippen molar-refractivity contribution in [1.82, 2.24) is 5.32 Å². The summed E-state index contributed by atoms with van der Waals surface area (Å²) in [7, 11) is 1.64. The number of ether oxygens (including phenoxy) is 1. The van der Waals surface area contributed by atoms with Crippen LogP contribution in [0.2, 0.25) is 10.0 Å². The third-order valence-corrected chi connectivity index (χ3v) is 3.45. The van der Waals surface area contributed by atoms with Crippen LogP contribution in [0.1, 0.15) is 12.5 Å². The van der Waals surface area contributed by atoms with E-state index < -0.39 is 5.60 Å². The molecule has 0 fully saturated rings. The van der Waals surface area contributed by atoms with Crippen LogP contribution >= 0.6 is 23.2 Å². The summed E-state index contributed by atoms with van der Waals surface area (Å²) in [6, 6.07) is 5.44. The van der Waals surface area contributed by atoms with Crippen LogP contribution in [0, 0.1) is 0 Å². The minimum Gasteiger partial charge on any atom is -0.389 e. The molecule has 0 saturated carbocycles. The highest BCUT2D eigenvalue weighted by Crippen LogP contribution is 2.28. The van der Waals surface area contributed by atoms with Gasteiger partial charge in [0, 0.05) is 26.6 Å². The third-order valence-electron chi connectivity index (χ3n) is 2.59. The summed E-state index contributed by atoms with van der Waals surface area (Å²) < 4.78 is 4.93. The average molecular weight is 292 g/mol. The molecule has 0 radical (unpaired) electrons. The van der Waals surface area contributed by atoms with Gasteiger partial charge in [-0.15, -0.1) is 0 Å². The first-order valence-corrected chi connectivity index (χ1v) is 6.57. The van der Waals surface area contributed by atoms with Crippen LogP contribution in [-0.4, -0.2) is 37.5 Å². The molecular formula is C13H19Cl2NO2. The molecule has 18 heavy (non-hydrogen) atoms. The molecule has 1 aromatic carbocycles. The fourth-order valence-electron chi connectivity index (χ4n) is 1.69. The molecular weight excluding hydrogens is 273 g/mol. The van der Waals surface area contributed by atoms with E-state index in [1.807, 2.05) is 12.1 Å². The molecule has 102 valence electrons.